The minimum absolute atomic E-state index is 0.0497. The number of aromatic nitrogens is 1. The molecule has 1 fully saturated rings. The van der Waals surface area contributed by atoms with Gasteiger partial charge in [-0.25, -0.2) is 4.39 Å². The zero-order valence-corrected chi connectivity index (χ0v) is 19.3. The monoisotopic (exact) mass is 472 g/mol. The van der Waals surface area contributed by atoms with Crippen molar-refractivity contribution in [1.29, 1.82) is 0 Å². The fourth-order valence-electron chi connectivity index (χ4n) is 5.35. The number of primary amides is 1. The number of nitrogens with zero attached hydrogens (tertiary/aromatic N) is 2. The maximum absolute atomic E-state index is 15.4. The van der Waals surface area contributed by atoms with E-state index in [4.69, 9.17) is 10.5 Å². The molecule has 2 aliphatic rings. The maximum atomic E-state index is 15.4. The highest BCUT2D eigenvalue weighted by Crippen LogP contribution is 2.46. The van der Waals surface area contributed by atoms with E-state index in [-0.39, 0.29) is 22.4 Å². The maximum Gasteiger partial charge on any atom is 0.254 e. The molecule has 1 unspecified atom stereocenters. The van der Waals surface area contributed by atoms with Crippen LogP contribution in [0.1, 0.15) is 29.6 Å². The molecule has 178 valence electrons. The van der Waals surface area contributed by atoms with Crippen molar-refractivity contribution in [2.24, 2.45) is 5.73 Å². The lowest BCUT2D eigenvalue weighted by atomic mass is 10.0. The molecule has 0 saturated carbocycles. The molecular weight excluding hydrogens is 447 g/mol. The Labute approximate surface area is 200 Å². The molecule has 3 N–H and O–H groups in total. The molecular formula is C27H25FN4O3. The molecule has 7 nitrogen and oxygen atoms in total. The number of hydrogen-bond acceptors (Lipinski definition) is 5. The van der Waals surface area contributed by atoms with Crippen molar-refractivity contribution in [1.82, 2.24) is 9.47 Å². The van der Waals surface area contributed by atoms with Gasteiger partial charge in [0.1, 0.15) is 16.8 Å². The topological polar surface area (TPSA) is 89.6 Å². The second-order valence-electron chi connectivity index (χ2n) is 9.33. The fourth-order valence-corrected chi connectivity index (χ4v) is 5.35. The number of amides is 1. The molecule has 3 heterocycles. The lowest BCUT2D eigenvalue weighted by Gasteiger charge is -2.27. The van der Waals surface area contributed by atoms with Gasteiger partial charge in [-0.3, -0.25) is 9.59 Å². The third kappa shape index (κ3) is 3.44. The highest BCUT2D eigenvalue weighted by molar-refractivity contribution is 6.01. The number of hydrogen-bond donors (Lipinski definition) is 2. The van der Waals surface area contributed by atoms with E-state index in [0.717, 1.165) is 30.2 Å². The zero-order valence-electron chi connectivity index (χ0n) is 19.3. The third-order valence-electron chi connectivity index (χ3n) is 7.21. The molecule has 8 heteroatoms. The number of carbonyl (C=O) groups is 1. The van der Waals surface area contributed by atoms with Crippen LogP contribution in [0.3, 0.4) is 0 Å². The van der Waals surface area contributed by atoms with Gasteiger partial charge in [0, 0.05) is 18.8 Å². The van der Waals surface area contributed by atoms with Gasteiger partial charge in [0.05, 0.1) is 11.1 Å². The number of nitrogens with two attached hydrogens (primary N) is 1. The zero-order chi connectivity index (χ0) is 24.3. The SMILES string of the molecule is CN1CCCC1CCNc1c(F)cc2c(=O)c(C(N)=O)cn3c2c1Oc1cc2ccccc2cc1-3. The standard InChI is InChI=1S/C27H25FN4O3/c1-31-10-4-7-17(31)8-9-30-23-20(28)13-18-24-26(23)35-22-12-16-6-3-2-5-15(16)11-21(22)32(24)14-19(25(18)33)27(29)34/h2-3,5-6,11-14,17,30H,4,7-10H2,1H3,(H2,29,34). The summed E-state index contributed by atoms with van der Waals surface area (Å²) in [4.78, 5) is 27.5. The van der Waals surface area contributed by atoms with Crippen LogP contribution < -0.4 is 21.2 Å². The summed E-state index contributed by atoms with van der Waals surface area (Å²) in [5.74, 6) is -0.738. The minimum Gasteiger partial charge on any atom is -0.451 e. The van der Waals surface area contributed by atoms with E-state index in [2.05, 4.69) is 17.3 Å². The number of anilines is 1. The average molecular weight is 473 g/mol. The first-order valence-corrected chi connectivity index (χ1v) is 11.8. The molecule has 4 aromatic rings. The Hall–Kier alpha value is -3.91. The lowest BCUT2D eigenvalue weighted by Crippen LogP contribution is -2.27. The number of nitrogens with one attached hydrogen (secondary N) is 1. The molecule has 1 amide bonds. The highest BCUT2D eigenvalue weighted by atomic mass is 19.1. The largest absolute Gasteiger partial charge is 0.451 e. The van der Waals surface area contributed by atoms with Gasteiger partial charge in [0.2, 0.25) is 5.43 Å². The molecule has 1 aromatic heterocycles. The summed E-state index contributed by atoms with van der Waals surface area (Å²) in [5.41, 5.74) is 5.95. The number of likely N-dealkylation sites (tertiary alicyclic amines) is 1. The molecule has 2 aliphatic heterocycles. The van der Waals surface area contributed by atoms with Crippen LogP contribution >= 0.6 is 0 Å². The van der Waals surface area contributed by atoms with Gasteiger partial charge in [0.15, 0.2) is 17.3 Å². The van der Waals surface area contributed by atoms with Gasteiger partial charge in [0.25, 0.3) is 5.91 Å². The van der Waals surface area contributed by atoms with E-state index < -0.39 is 17.2 Å². The van der Waals surface area contributed by atoms with Crippen molar-refractivity contribution in [3.05, 3.63) is 70.3 Å². The van der Waals surface area contributed by atoms with Crippen LogP contribution in [0.2, 0.25) is 0 Å². The van der Waals surface area contributed by atoms with Gasteiger partial charge in [-0.1, -0.05) is 24.3 Å². The van der Waals surface area contributed by atoms with E-state index in [1.54, 1.807) is 4.57 Å². The summed E-state index contributed by atoms with van der Waals surface area (Å²) in [7, 11) is 2.11. The Bertz CT molecular complexity index is 1580. The smallest absolute Gasteiger partial charge is 0.254 e. The van der Waals surface area contributed by atoms with Gasteiger partial charge < -0.3 is 25.3 Å². The summed E-state index contributed by atoms with van der Waals surface area (Å²) >= 11 is 0. The average Bonchev–Trinajstić information content (AvgIpc) is 3.25. The number of benzene rings is 3. The van der Waals surface area contributed by atoms with Crippen LogP contribution in [0.4, 0.5) is 10.1 Å². The summed E-state index contributed by atoms with van der Waals surface area (Å²) in [6.45, 7) is 1.63. The van der Waals surface area contributed by atoms with Crippen molar-refractivity contribution in [2.75, 3.05) is 25.5 Å². The van der Waals surface area contributed by atoms with Gasteiger partial charge in [-0.05, 0) is 61.8 Å². The molecule has 6 rings (SSSR count). The van der Waals surface area contributed by atoms with Crippen molar-refractivity contribution in [2.45, 2.75) is 25.3 Å². The van der Waals surface area contributed by atoms with E-state index >= 15 is 4.39 Å². The number of rotatable bonds is 5. The van der Waals surface area contributed by atoms with Gasteiger partial charge in [-0.2, -0.15) is 0 Å². The normalized spacial score (nSPS) is 16.9. The van der Waals surface area contributed by atoms with Crippen molar-refractivity contribution in [3.8, 4) is 17.2 Å². The van der Waals surface area contributed by atoms with Crippen LogP contribution in [0.25, 0.3) is 27.4 Å². The Kier molecular flexibility index (Phi) is 5.00. The van der Waals surface area contributed by atoms with E-state index in [0.29, 0.717) is 29.5 Å². The third-order valence-corrected chi connectivity index (χ3v) is 7.21. The number of halogens is 1. The Morgan fingerprint density at radius 2 is 2.00 bits per heavy atom. The predicted molar refractivity (Wildman–Crippen MR) is 134 cm³/mol. The highest BCUT2D eigenvalue weighted by Gasteiger charge is 2.29. The van der Waals surface area contributed by atoms with E-state index in [9.17, 15) is 9.59 Å². The summed E-state index contributed by atoms with van der Waals surface area (Å²) in [5, 5.41) is 5.19. The number of carbonyl (C=O) groups excluding carboxylic acids is 1. The number of ether oxygens (including phenoxy) is 1. The first-order valence-electron chi connectivity index (χ1n) is 11.8. The van der Waals surface area contributed by atoms with E-state index in [1.807, 2.05) is 36.4 Å². The number of fused-ring (bicyclic) bond motifs is 3. The summed E-state index contributed by atoms with van der Waals surface area (Å²) in [6, 6.07) is 13.2. The predicted octanol–water partition coefficient (Wildman–Crippen LogP) is 4.38. The quantitative estimate of drug-likeness (QED) is 0.396. The van der Waals surface area contributed by atoms with Crippen LogP contribution in [0.5, 0.6) is 11.5 Å². The Morgan fingerprint density at radius 1 is 1.23 bits per heavy atom. The van der Waals surface area contributed by atoms with Gasteiger partial charge >= 0.3 is 0 Å². The Balaban J connectivity index is 1.54. The molecule has 0 bridgehead atoms. The first-order chi connectivity index (χ1) is 16.9. The van der Waals surface area contributed by atoms with Crippen molar-refractivity contribution >= 4 is 33.3 Å². The Morgan fingerprint density at radius 3 is 2.71 bits per heavy atom. The first kappa shape index (κ1) is 21.6. The molecule has 1 atom stereocenters. The molecule has 0 radical (unpaired) electrons. The van der Waals surface area contributed by atoms with Crippen LogP contribution in [0.15, 0.2) is 53.5 Å². The van der Waals surface area contributed by atoms with E-state index in [1.165, 1.54) is 18.7 Å². The molecule has 35 heavy (non-hydrogen) atoms. The van der Waals surface area contributed by atoms with Crippen LogP contribution in [-0.2, 0) is 0 Å². The van der Waals surface area contributed by atoms with Gasteiger partial charge in [-0.15, -0.1) is 0 Å². The minimum atomic E-state index is -0.862. The molecule has 0 aliphatic carbocycles. The van der Waals surface area contributed by atoms with Crippen LogP contribution in [0, 0.1) is 5.82 Å². The number of pyridine rings is 1. The van der Waals surface area contributed by atoms with Crippen molar-refractivity contribution < 1.29 is 13.9 Å². The second-order valence-corrected chi connectivity index (χ2v) is 9.33. The molecule has 1 saturated heterocycles. The molecule has 3 aromatic carbocycles. The second kappa shape index (κ2) is 8.09. The summed E-state index contributed by atoms with van der Waals surface area (Å²) < 4.78 is 23.4. The van der Waals surface area contributed by atoms with Crippen LogP contribution in [-0.4, -0.2) is 41.6 Å². The summed E-state index contributed by atoms with van der Waals surface area (Å²) in [6.07, 6.45) is 4.58. The van der Waals surface area contributed by atoms with Crippen molar-refractivity contribution in [3.63, 3.8) is 0 Å². The molecule has 0 spiro atoms. The lowest BCUT2D eigenvalue weighted by molar-refractivity contribution is 0.0999. The fraction of sp³-hybridized carbons (Fsp3) is 0.259.